The molecule has 0 spiro atoms. The first-order chi connectivity index (χ1) is 12.5. The number of thioether (sulfide) groups is 1. The van der Waals surface area contributed by atoms with Gasteiger partial charge in [-0.05, 0) is 37.8 Å². The van der Waals surface area contributed by atoms with Crippen LogP contribution in [0.15, 0.2) is 12.5 Å². The Hall–Kier alpha value is -2.07. The molecule has 0 unspecified atom stereocenters. The Morgan fingerprint density at radius 1 is 1.38 bits per heavy atom. The van der Waals surface area contributed by atoms with Crippen LogP contribution in [0.4, 0.5) is 0 Å². The maximum absolute atomic E-state index is 12.6. The van der Waals surface area contributed by atoms with Crippen LogP contribution in [0.1, 0.15) is 25.0 Å². The number of hydrogen-bond donors (Lipinski definition) is 5. The Bertz CT molecular complexity index is 604. The minimum Gasteiger partial charge on any atom is -0.480 e. The van der Waals surface area contributed by atoms with Crippen molar-refractivity contribution in [3.63, 3.8) is 0 Å². The van der Waals surface area contributed by atoms with Gasteiger partial charge >= 0.3 is 5.97 Å². The number of amides is 2. The molecular weight excluding hydrogens is 358 g/mol. The van der Waals surface area contributed by atoms with Crippen LogP contribution in [-0.2, 0) is 20.8 Å². The molecule has 2 amide bonds. The molecule has 144 valence electrons. The molecule has 3 atom stereocenters. The smallest absolute Gasteiger partial charge is 0.326 e. The molecular formula is C16H25N5O4S. The average Bonchev–Trinajstić information content (AvgIpc) is 3.30. The molecule has 1 aromatic rings. The highest BCUT2D eigenvalue weighted by Gasteiger charge is 2.30. The first kappa shape index (κ1) is 20.2. The predicted molar refractivity (Wildman–Crippen MR) is 97.8 cm³/mol. The topological polar surface area (TPSA) is 136 Å². The minimum atomic E-state index is -1.09. The molecule has 0 aliphatic carbocycles. The number of H-pyrrole nitrogens is 1. The number of carboxylic acid groups (broad SMARTS) is 1. The van der Waals surface area contributed by atoms with E-state index in [1.165, 1.54) is 18.1 Å². The quantitative estimate of drug-likeness (QED) is 0.368. The summed E-state index contributed by atoms with van der Waals surface area (Å²) in [5.74, 6) is -1.24. The summed E-state index contributed by atoms with van der Waals surface area (Å²) >= 11 is 1.51. The Kier molecular flexibility index (Phi) is 7.92. The molecule has 1 aliphatic rings. The number of nitrogens with zero attached hydrogens (tertiary/aromatic N) is 1. The van der Waals surface area contributed by atoms with Crippen molar-refractivity contribution in [1.82, 2.24) is 25.9 Å². The Morgan fingerprint density at radius 3 is 2.77 bits per heavy atom. The van der Waals surface area contributed by atoms with Crippen LogP contribution in [0.3, 0.4) is 0 Å². The molecule has 0 saturated carbocycles. The summed E-state index contributed by atoms with van der Waals surface area (Å²) in [6, 6.07) is -2.18. The Labute approximate surface area is 156 Å². The van der Waals surface area contributed by atoms with E-state index in [1.807, 2.05) is 6.26 Å². The van der Waals surface area contributed by atoms with E-state index in [2.05, 4.69) is 25.9 Å². The molecule has 0 radical (unpaired) electrons. The third kappa shape index (κ3) is 6.03. The lowest BCUT2D eigenvalue weighted by Crippen LogP contribution is -2.55. The summed E-state index contributed by atoms with van der Waals surface area (Å²) in [5.41, 5.74) is 0.681. The second kappa shape index (κ2) is 10.2. The van der Waals surface area contributed by atoms with Crippen molar-refractivity contribution in [3.05, 3.63) is 18.2 Å². The number of carbonyl (C=O) groups excluding carboxylic acids is 2. The van der Waals surface area contributed by atoms with Gasteiger partial charge in [-0.1, -0.05) is 0 Å². The fourth-order valence-electron chi connectivity index (χ4n) is 2.77. The number of aromatic amines is 1. The van der Waals surface area contributed by atoms with Gasteiger partial charge < -0.3 is 26.0 Å². The van der Waals surface area contributed by atoms with Crippen LogP contribution in [0, 0.1) is 0 Å². The number of carbonyl (C=O) groups is 3. The highest BCUT2D eigenvalue weighted by molar-refractivity contribution is 7.98. The van der Waals surface area contributed by atoms with Gasteiger partial charge in [0.15, 0.2) is 0 Å². The normalized spacial score (nSPS) is 18.9. The molecule has 1 aliphatic heterocycles. The third-order valence-corrected chi connectivity index (χ3v) is 4.86. The predicted octanol–water partition coefficient (Wildman–Crippen LogP) is -0.488. The van der Waals surface area contributed by atoms with Crippen LogP contribution in [0.25, 0.3) is 0 Å². The number of imidazole rings is 1. The lowest BCUT2D eigenvalue weighted by molar-refractivity contribution is -0.142. The number of nitrogens with one attached hydrogen (secondary N) is 4. The molecule has 5 N–H and O–H groups in total. The van der Waals surface area contributed by atoms with E-state index in [-0.39, 0.29) is 18.4 Å². The van der Waals surface area contributed by atoms with Gasteiger partial charge in [0, 0.05) is 18.3 Å². The van der Waals surface area contributed by atoms with Crippen LogP contribution >= 0.6 is 11.8 Å². The van der Waals surface area contributed by atoms with Crippen molar-refractivity contribution < 1.29 is 19.5 Å². The van der Waals surface area contributed by atoms with Crippen LogP contribution < -0.4 is 16.0 Å². The fourth-order valence-corrected chi connectivity index (χ4v) is 3.24. The Balaban J connectivity index is 2.04. The minimum absolute atomic E-state index is 0.208. The number of aliphatic carboxylic acids is 1. The molecule has 9 nitrogen and oxygen atoms in total. The van der Waals surface area contributed by atoms with E-state index in [0.717, 1.165) is 19.4 Å². The van der Waals surface area contributed by atoms with Gasteiger partial charge in [-0.3, -0.25) is 9.59 Å². The van der Waals surface area contributed by atoms with Crippen molar-refractivity contribution >= 4 is 29.5 Å². The van der Waals surface area contributed by atoms with Crippen LogP contribution in [0.5, 0.6) is 0 Å². The van der Waals surface area contributed by atoms with E-state index >= 15 is 0 Å². The summed E-state index contributed by atoms with van der Waals surface area (Å²) < 4.78 is 0. The zero-order valence-electron chi connectivity index (χ0n) is 14.7. The lowest BCUT2D eigenvalue weighted by Gasteiger charge is -2.22. The second-order valence-electron chi connectivity index (χ2n) is 6.17. The van der Waals surface area contributed by atoms with E-state index in [0.29, 0.717) is 17.9 Å². The average molecular weight is 383 g/mol. The molecule has 10 heteroatoms. The van der Waals surface area contributed by atoms with Gasteiger partial charge in [-0.2, -0.15) is 11.8 Å². The van der Waals surface area contributed by atoms with Crippen molar-refractivity contribution in [2.45, 2.75) is 43.8 Å². The summed E-state index contributed by atoms with van der Waals surface area (Å²) in [6.45, 7) is 0.769. The molecule has 26 heavy (non-hydrogen) atoms. The molecule has 2 heterocycles. The van der Waals surface area contributed by atoms with Gasteiger partial charge in [0.2, 0.25) is 11.8 Å². The van der Waals surface area contributed by atoms with E-state index < -0.39 is 24.0 Å². The summed E-state index contributed by atoms with van der Waals surface area (Å²) in [6.07, 6.45) is 7.08. The summed E-state index contributed by atoms with van der Waals surface area (Å²) in [5, 5.41) is 17.7. The molecule has 2 rings (SSSR count). The largest absolute Gasteiger partial charge is 0.480 e. The van der Waals surface area contributed by atoms with Crippen molar-refractivity contribution in [2.24, 2.45) is 0 Å². The maximum Gasteiger partial charge on any atom is 0.326 e. The summed E-state index contributed by atoms with van der Waals surface area (Å²) in [7, 11) is 0. The molecule has 1 saturated heterocycles. The molecule has 1 aromatic heterocycles. The van der Waals surface area contributed by atoms with Gasteiger partial charge in [-0.25, -0.2) is 9.78 Å². The zero-order chi connectivity index (χ0) is 18.9. The molecule has 0 aromatic carbocycles. The van der Waals surface area contributed by atoms with E-state index in [1.54, 1.807) is 6.20 Å². The fraction of sp³-hybridized carbons (Fsp3) is 0.625. The van der Waals surface area contributed by atoms with Crippen LogP contribution in [-0.4, -0.2) is 69.5 Å². The zero-order valence-corrected chi connectivity index (χ0v) is 15.5. The molecule has 0 bridgehead atoms. The number of carboxylic acids is 1. The number of rotatable bonds is 10. The van der Waals surface area contributed by atoms with Crippen molar-refractivity contribution in [2.75, 3.05) is 18.6 Å². The second-order valence-corrected chi connectivity index (χ2v) is 7.16. The maximum atomic E-state index is 12.6. The van der Waals surface area contributed by atoms with E-state index in [9.17, 15) is 19.5 Å². The van der Waals surface area contributed by atoms with Gasteiger partial charge in [0.1, 0.15) is 12.1 Å². The first-order valence-corrected chi connectivity index (χ1v) is 9.93. The SMILES string of the molecule is CSCC[C@H](NC(=O)[C@H](Cc1cnc[nH]1)NC(=O)[C@@H]1CCCN1)C(=O)O. The number of hydrogen-bond acceptors (Lipinski definition) is 6. The standard InChI is InChI=1S/C16H25N5O4S/c1-26-6-4-12(16(24)25)20-15(23)13(7-10-8-17-9-19-10)21-14(22)11-3-2-5-18-11/h8-9,11-13,18H,2-7H2,1H3,(H,17,19)(H,20,23)(H,21,22)(H,24,25)/t11-,12-,13-/m0/s1. The first-order valence-electron chi connectivity index (χ1n) is 8.54. The van der Waals surface area contributed by atoms with Crippen molar-refractivity contribution in [3.8, 4) is 0 Å². The number of aromatic nitrogens is 2. The summed E-state index contributed by atoms with van der Waals surface area (Å²) in [4.78, 5) is 43.2. The van der Waals surface area contributed by atoms with E-state index in [4.69, 9.17) is 0 Å². The van der Waals surface area contributed by atoms with Gasteiger partial charge in [0.25, 0.3) is 0 Å². The van der Waals surface area contributed by atoms with Crippen molar-refractivity contribution in [1.29, 1.82) is 0 Å². The molecule has 1 fully saturated rings. The lowest BCUT2D eigenvalue weighted by atomic mass is 10.1. The Morgan fingerprint density at radius 2 is 2.19 bits per heavy atom. The third-order valence-electron chi connectivity index (χ3n) is 4.21. The monoisotopic (exact) mass is 383 g/mol. The van der Waals surface area contributed by atoms with Crippen LogP contribution in [0.2, 0.25) is 0 Å². The van der Waals surface area contributed by atoms with Gasteiger partial charge in [0.05, 0.1) is 12.4 Å². The highest BCUT2D eigenvalue weighted by Crippen LogP contribution is 2.07. The highest BCUT2D eigenvalue weighted by atomic mass is 32.2. The van der Waals surface area contributed by atoms with Gasteiger partial charge in [-0.15, -0.1) is 0 Å².